The van der Waals surface area contributed by atoms with Crippen molar-refractivity contribution in [1.29, 1.82) is 0 Å². The molecule has 0 saturated heterocycles. The van der Waals surface area contributed by atoms with Gasteiger partial charge < -0.3 is 10.7 Å². The average Bonchev–Trinajstić information content (AvgIpc) is 2.52. The van der Waals surface area contributed by atoms with Gasteiger partial charge in [0.1, 0.15) is 5.82 Å². The number of aromatic nitrogens is 2. The summed E-state index contributed by atoms with van der Waals surface area (Å²) in [6.07, 6.45) is 7.19. The molecule has 1 aromatic rings. The number of hydrogen-bond acceptors (Lipinski definition) is 2. The molecule has 0 aliphatic heterocycles. The quantitative estimate of drug-likeness (QED) is 0.639. The van der Waals surface area contributed by atoms with Crippen LogP contribution in [0, 0.1) is 0 Å². The molecule has 0 saturated carbocycles. The van der Waals surface area contributed by atoms with Crippen molar-refractivity contribution in [3.8, 4) is 0 Å². The fraction of sp³-hybridized carbons (Fsp3) is 0.375. The minimum atomic E-state index is 0.0167. The van der Waals surface area contributed by atoms with Crippen molar-refractivity contribution in [3.05, 3.63) is 30.9 Å². The largest absolute Gasteiger partial charge is 0.347 e. The molecule has 1 heterocycles. The first-order chi connectivity index (χ1) is 5.34. The second-order valence-corrected chi connectivity index (χ2v) is 2.45. The highest BCUT2D eigenvalue weighted by Crippen LogP contribution is 2.10. The van der Waals surface area contributed by atoms with Gasteiger partial charge in [-0.2, -0.15) is 0 Å². The fourth-order valence-corrected chi connectivity index (χ4v) is 0.914. The predicted molar refractivity (Wildman–Crippen MR) is 44.9 cm³/mol. The second-order valence-electron chi connectivity index (χ2n) is 2.45. The van der Waals surface area contributed by atoms with Crippen LogP contribution in [0.1, 0.15) is 24.7 Å². The third-order valence-corrected chi connectivity index (χ3v) is 1.55. The van der Waals surface area contributed by atoms with E-state index in [1.54, 1.807) is 12.4 Å². The van der Waals surface area contributed by atoms with Crippen molar-refractivity contribution in [3.63, 3.8) is 0 Å². The first-order valence-corrected chi connectivity index (χ1v) is 3.70. The Labute approximate surface area is 66.3 Å². The van der Waals surface area contributed by atoms with Crippen LogP contribution in [0.5, 0.6) is 0 Å². The van der Waals surface area contributed by atoms with Crippen LogP contribution in [-0.2, 0) is 0 Å². The van der Waals surface area contributed by atoms with Gasteiger partial charge in [-0.05, 0) is 12.8 Å². The van der Waals surface area contributed by atoms with Gasteiger partial charge in [-0.1, -0.05) is 6.08 Å². The van der Waals surface area contributed by atoms with Crippen molar-refractivity contribution >= 4 is 0 Å². The molecule has 11 heavy (non-hydrogen) atoms. The van der Waals surface area contributed by atoms with E-state index in [2.05, 4.69) is 16.5 Å². The maximum atomic E-state index is 5.78. The molecule has 1 rings (SSSR count). The summed E-state index contributed by atoms with van der Waals surface area (Å²) in [6, 6.07) is 0.0167. The summed E-state index contributed by atoms with van der Waals surface area (Å²) in [5.41, 5.74) is 5.78. The third kappa shape index (κ3) is 2.20. The van der Waals surface area contributed by atoms with Crippen molar-refractivity contribution in [1.82, 2.24) is 9.97 Å². The number of imidazole rings is 1. The number of hydrogen-bond donors (Lipinski definition) is 2. The van der Waals surface area contributed by atoms with Crippen LogP contribution < -0.4 is 5.73 Å². The first kappa shape index (κ1) is 8.01. The molecule has 0 aliphatic rings. The summed E-state index contributed by atoms with van der Waals surface area (Å²) in [6.45, 7) is 3.63. The van der Waals surface area contributed by atoms with Gasteiger partial charge >= 0.3 is 0 Å². The highest BCUT2D eigenvalue weighted by atomic mass is 14.9. The lowest BCUT2D eigenvalue weighted by molar-refractivity contribution is 0.627. The van der Waals surface area contributed by atoms with Crippen LogP contribution in [0.2, 0.25) is 0 Å². The van der Waals surface area contributed by atoms with E-state index in [1.165, 1.54) is 0 Å². The Bertz CT molecular complexity index is 203. The summed E-state index contributed by atoms with van der Waals surface area (Å²) >= 11 is 0. The van der Waals surface area contributed by atoms with Crippen LogP contribution in [0.3, 0.4) is 0 Å². The van der Waals surface area contributed by atoms with Gasteiger partial charge in [0.25, 0.3) is 0 Å². The molecule has 3 nitrogen and oxygen atoms in total. The van der Waals surface area contributed by atoms with Gasteiger partial charge in [0.2, 0.25) is 0 Å². The topological polar surface area (TPSA) is 54.7 Å². The lowest BCUT2D eigenvalue weighted by Gasteiger charge is -2.05. The van der Waals surface area contributed by atoms with E-state index < -0.39 is 0 Å². The minimum Gasteiger partial charge on any atom is -0.347 e. The van der Waals surface area contributed by atoms with Crippen molar-refractivity contribution in [2.24, 2.45) is 5.73 Å². The molecule has 0 amide bonds. The molecule has 3 N–H and O–H groups in total. The minimum absolute atomic E-state index is 0.0167. The molecule has 3 heteroatoms. The number of aromatic amines is 1. The van der Waals surface area contributed by atoms with Crippen LogP contribution in [-0.4, -0.2) is 9.97 Å². The van der Waals surface area contributed by atoms with Crippen LogP contribution in [0.4, 0.5) is 0 Å². The molecule has 0 fully saturated rings. The fourth-order valence-electron chi connectivity index (χ4n) is 0.914. The summed E-state index contributed by atoms with van der Waals surface area (Å²) in [5.74, 6) is 0.854. The van der Waals surface area contributed by atoms with Gasteiger partial charge in [-0.25, -0.2) is 4.98 Å². The SMILES string of the molecule is C=CCCC(N)c1ncc[nH]1. The zero-order chi connectivity index (χ0) is 8.10. The molecule has 0 aromatic carbocycles. The Morgan fingerprint density at radius 2 is 2.64 bits per heavy atom. The van der Waals surface area contributed by atoms with Crippen molar-refractivity contribution in [2.45, 2.75) is 18.9 Å². The Morgan fingerprint density at radius 1 is 1.82 bits per heavy atom. The van der Waals surface area contributed by atoms with Gasteiger partial charge in [-0.15, -0.1) is 6.58 Å². The number of nitrogens with one attached hydrogen (secondary N) is 1. The van der Waals surface area contributed by atoms with E-state index in [1.807, 2.05) is 6.08 Å². The van der Waals surface area contributed by atoms with Gasteiger partial charge in [-0.3, -0.25) is 0 Å². The summed E-state index contributed by atoms with van der Waals surface area (Å²) in [4.78, 5) is 7.03. The third-order valence-electron chi connectivity index (χ3n) is 1.55. The number of nitrogens with zero attached hydrogens (tertiary/aromatic N) is 1. The lowest BCUT2D eigenvalue weighted by Crippen LogP contribution is -2.11. The van der Waals surface area contributed by atoms with E-state index in [4.69, 9.17) is 5.73 Å². The van der Waals surface area contributed by atoms with Crippen LogP contribution in [0.15, 0.2) is 25.0 Å². The molecule has 0 aliphatic carbocycles. The van der Waals surface area contributed by atoms with Crippen molar-refractivity contribution in [2.75, 3.05) is 0 Å². The molecular formula is C8H13N3. The van der Waals surface area contributed by atoms with Gasteiger partial charge in [0.15, 0.2) is 0 Å². The summed E-state index contributed by atoms with van der Waals surface area (Å²) in [5, 5.41) is 0. The molecular weight excluding hydrogens is 138 g/mol. The molecule has 0 radical (unpaired) electrons. The molecule has 0 spiro atoms. The maximum Gasteiger partial charge on any atom is 0.123 e. The van der Waals surface area contributed by atoms with Gasteiger partial charge in [0.05, 0.1) is 6.04 Å². The molecule has 60 valence electrons. The number of H-pyrrole nitrogens is 1. The smallest absolute Gasteiger partial charge is 0.123 e. The molecule has 1 aromatic heterocycles. The standard InChI is InChI=1S/C8H13N3/c1-2-3-4-7(9)8-10-5-6-11-8/h2,5-7H,1,3-4,9H2,(H,10,11). The van der Waals surface area contributed by atoms with Crippen LogP contribution >= 0.6 is 0 Å². The number of allylic oxidation sites excluding steroid dienone is 1. The Hall–Kier alpha value is -1.09. The maximum absolute atomic E-state index is 5.78. The molecule has 1 unspecified atom stereocenters. The van der Waals surface area contributed by atoms with Crippen LogP contribution in [0.25, 0.3) is 0 Å². The van der Waals surface area contributed by atoms with E-state index in [9.17, 15) is 0 Å². The monoisotopic (exact) mass is 151 g/mol. The first-order valence-electron chi connectivity index (χ1n) is 3.70. The highest BCUT2D eigenvalue weighted by molar-refractivity contribution is 4.94. The normalized spacial score (nSPS) is 12.8. The van der Waals surface area contributed by atoms with E-state index in [0.29, 0.717) is 0 Å². The van der Waals surface area contributed by atoms with Gasteiger partial charge in [0, 0.05) is 12.4 Å². The zero-order valence-corrected chi connectivity index (χ0v) is 6.46. The van der Waals surface area contributed by atoms with E-state index in [-0.39, 0.29) is 6.04 Å². The molecule has 1 atom stereocenters. The van der Waals surface area contributed by atoms with Crippen molar-refractivity contribution < 1.29 is 0 Å². The highest BCUT2D eigenvalue weighted by Gasteiger charge is 2.05. The Balaban J connectivity index is 2.42. The number of nitrogens with two attached hydrogens (primary N) is 1. The molecule has 0 bridgehead atoms. The predicted octanol–water partition coefficient (Wildman–Crippen LogP) is 1.38. The Kier molecular flexibility index (Phi) is 2.86. The zero-order valence-electron chi connectivity index (χ0n) is 6.46. The lowest BCUT2D eigenvalue weighted by atomic mass is 10.1. The summed E-state index contributed by atoms with van der Waals surface area (Å²) in [7, 11) is 0. The summed E-state index contributed by atoms with van der Waals surface area (Å²) < 4.78 is 0. The van der Waals surface area contributed by atoms with E-state index >= 15 is 0 Å². The number of rotatable bonds is 4. The average molecular weight is 151 g/mol. The van der Waals surface area contributed by atoms with E-state index in [0.717, 1.165) is 18.7 Å². The second kappa shape index (κ2) is 3.93. The Morgan fingerprint density at radius 3 is 3.18 bits per heavy atom.